The zero-order valence-electron chi connectivity index (χ0n) is 12.7. The highest BCUT2D eigenvalue weighted by Crippen LogP contribution is 2.37. The Balaban J connectivity index is 1.81. The summed E-state index contributed by atoms with van der Waals surface area (Å²) in [4.78, 5) is 25.2. The summed E-state index contributed by atoms with van der Waals surface area (Å²) in [6.07, 6.45) is 2.69. The molecular weight excluding hydrogens is 282 g/mol. The maximum atomic E-state index is 12.6. The fraction of sp³-hybridized carbons (Fsp3) is 0.562. The monoisotopic (exact) mass is 303 g/mol. The summed E-state index contributed by atoms with van der Waals surface area (Å²) in [7, 11) is 0. The first-order chi connectivity index (χ1) is 10.5. The van der Waals surface area contributed by atoms with E-state index in [0.717, 1.165) is 19.4 Å². The Morgan fingerprint density at radius 2 is 2.18 bits per heavy atom. The number of hydrogen-bond acceptors (Lipinski definition) is 4. The van der Waals surface area contributed by atoms with Gasteiger partial charge in [0.2, 0.25) is 0 Å². The summed E-state index contributed by atoms with van der Waals surface area (Å²) in [6.45, 7) is 3.27. The first-order valence-corrected chi connectivity index (χ1v) is 7.83. The lowest BCUT2D eigenvalue weighted by Crippen LogP contribution is -2.33. The highest BCUT2D eigenvalue weighted by atomic mass is 16.6. The SMILES string of the molecule is CCc1ccc(C(=O)N2CC3CCC(N)C3C2)cc1[N+](=O)[O-]. The number of likely N-dealkylation sites (tertiary alicyclic amines) is 1. The molecule has 22 heavy (non-hydrogen) atoms. The average molecular weight is 303 g/mol. The minimum atomic E-state index is -0.412. The number of benzene rings is 1. The van der Waals surface area contributed by atoms with Crippen LogP contribution in [-0.4, -0.2) is 34.9 Å². The summed E-state index contributed by atoms with van der Waals surface area (Å²) in [5.41, 5.74) is 7.18. The smallest absolute Gasteiger partial charge is 0.273 e. The molecule has 1 aromatic carbocycles. The first-order valence-electron chi connectivity index (χ1n) is 7.83. The van der Waals surface area contributed by atoms with Crippen LogP contribution in [0.2, 0.25) is 0 Å². The zero-order chi connectivity index (χ0) is 15.9. The Kier molecular flexibility index (Phi) is 3.87. The largest absolute Gasteiger partial charge is 0.338 e. The fourth-order valence-corrected chi connectivity index (χ4v) is 3.82. The number of fused-ring (bicyclic) bond motifs is 1. The molecule has 1 saturated heterocycles. The van der Waals surface area contributed by atoms with Gasteiger partial charge in [0.25, 0.3) is 11.6 Å². The predicted octanol–water partition coefficient (Wildman–Crippen LogP) is 1.97. The van der Waals surface area contributed by atoms with E-state index in [-0.39, 0.29) is 17.6 Å². The quantitative estimate of drug-likeness (QED) is 0.683. The van der Waals surface area contributed by atoms with Gasteiger partial charge in [-0.3, -0.25) is 14.9 Å². The second-order valence-corrected chi connectivity index (χ2v) is 6.33. The normalized spacial score (nSPS) is 27.0. The molecule has 0 radical (unpaired) electrons. The van der Waals surface area contributed by atoms with Gasteiger partial charge in [0, 0.05) is 36.3 Å². The summed E-state index contributed by atoms with van der Waals surface area (Å²) < 4.78 is 0. The van der Waals surface area contributed by atoms with Gasteiger partial charge >= 0.3 is 0 Å². The van der Waals surface area contributed by atoms with E-state index in [2.05, 4.69) is 0 Å². The molecule has 1 aliphatic heterocycles. The van der Waals surface area contributed by atoms with Crippen LogP contribution in [0.4, 0.5) is 5.69 Å². The Bertz CT molecular complexity index is 617. The van der Waals surface area contributed by atoms with Crippen LogP contribution in [0.15, 0.2) is 18.2 Å². The minimum Gasteiger partial charge on any atom is -0.338 e. The van der Waals surface area contributed by atoms with E-state index in [1.807, 2.05) is 6.92 Å². The fourth-order valence-electron chi connectivity index (χ4n) is 3.82. The molecular formula is C16H21N3O3. The summed E-state index contributed by atoms with van der Waals surface area (Å²) in [5.74, 6) is 0.755. The Labute approximate surface area is 129 Å². The summed E-state index contributed by atoms with van der Waals surface area (Å²) >= 11 is 0. The molecule has 1 saturated carbocycles. The molecule has 1 aromatic rings. The molecule has 2 N–H and O–H groups in total. The van der Waals surface area contributed by atoms with Crippen LogP contribution < -0.4 is 5.73 Å². The molecule has 6 nitrogen and oxygen atoms in total. The van der Waals surface area contributed by atoms with Crippen molar-refractivity contribution in [2.45, 2.75) is 32.2 Å². The van der Waals surface area contributed by atoms with Crippen molar-refractivity contribution in [3.8, 4) is 0 Å². The predicted molar refractivity (Wildman–Crippen MR) is 82.6 cm³/mol. The minimum absolute atomic E-state index is 0.0319. The number of rotatable bonds is 3. The Hall–Kier alpha value is -1.95. The van der Waals surface area contributed by atoms with Crippen molar-refractivity contribution in [2.75, 3.05) is 13.1 Å². The highest BCUT2D eigenvalue weighted by molar-refractivity contribution is 5.95. The lowest BCUT2D eigenvalue weighted by atomic mass is 9.98. The number of amides is 1. The van der Waals surface area contributed by atoms with Gasteiger partial charge < -0.3 is 10.6 Å². The van der Waals surface area contributed by atoms with Gasteiger partial charge in [0.1, 0.15) is 0 Å². The lowest BCUT2D eigenvalue weighted by Gasteiger charge is -2.19. The van der Waals surface area contributed by atoms with Crippen molar-refractivity contribution in [2.24, 2.45) is 17.6 Å². The number of carbonyl (C=O) groups excluding carboxylic acids is 1. The van der Waals surface area contributed by atoms with Gasteiger partial charge in [-0.2, -0.15) is 0 Å². The molecule has 3 rings (SSSR count). The van der Waals surface area contributed by atoms with Gasteiger partial charge in [-0.15, -0.1) is 0 Å². The van der Waals surface area contributed by atoms with E-state index in [9.17, 15) is 14.9 Å². The van der Waals surface area contributed by atoms with Crippen LogP contribution >= 0.6 is 0 Å². The molecule has 0 bridgehead atoms. The molecule has 1 aliphatic carbocycles. The lowest BCUT2D eigenvalue weighted by molar-refractivity contribution is -0.385. The molecule has 118 valence electrons. The summed E-state index contributed by atoms with van der Waals surface area (Å²) in [5, 5.41) is 11.1. The number of aryl methyl sites for hydroxylation is 1. The maximum absolute atomic E-state index is 12.6. The molecule has 1 amide bonds. The third kappa shape index (κ3) is 2.47. The van der Waals surface area contributed by atoms with E-state index < -0.39 is 4.92 Å². The van der Waals surface area contributed by atoms with Crippen molar-refractivity contribution in [1.82, 2.24) is 4.90 Å². The van der Waals surface area contributed by atoms with Crippen LogP contribution in [0.3, 0.4) is 0 Å². The maximum Gasteiger partial charge on any atom is 0.273 e. The first kappa shape index (κ1) is 15.0. The Morgan fingerprint density at radius 1 is 1.41 bits per heavy atom. The van der Waals surface area contributed by atoms with Crippen molar-refractivity contribution in [1.29, 1.82) is 0 Å². The second kappa shape index (κ2) is 5.68. The molecule has 0 spiro atoms. The van der Waals surface area contributed by atoms with Gasteiger partial charge in [-0.05, 0) is 37.2 Å². The van der Waals surface area contributed by atoms with Crippen LogP contribution in [0, 0.1) is 22.0 Å². The summed E-state index contributed by atoms with van der Waals surface area (Å²) in [6, 6.07) is 4.98. The number of hydrogen-bond donors (Lipinski definition) is 1. The van der Waals surface area contributed by atoms with Crippen molar-refractivity contribution in [3.05, 3.63) is 39.4 Å². The molecule has 1 heterocycles. The second-order valence-electron chi connectivity index (χ2n) is 6.33. The van der Waals surface area contributed by atoms with Gasteiger partial charge in [0.15, 0.2) is 0 Å². The molecule has 3 unspecified atom stereocenters. The molecule has 3 atom stereocenters. The van der Waals surface area contributed by atoms with Crippen molar-refractivity contribution in [3.63, 3.8) is 0 Å². The van der Waals surface area contributed by atoms with Crippen LogP contribution in [0.1, 0.15) is 35.7 Å². The highest BCUT2D eigenvalue weighted by Gasteiger charge is 2.42. The van der Waals surface area contributed by atoms with Crippen LogP contribution in [-0.2, 0) is 6.42 Å². The average Bonchev–Trinajstić information content (AvgIpc) is 3.08. The third-order valence-electron chi connectivity index (χ3n) is 5.11. The van der Waals surface area contributed by atoms with Crippen LogP contribution in [0.25, 0.3) is 0 Å². The van der Waals surface area contributed by atoms with E-state index in [1.165, 1.54) is 6.07 Å². The van der Waals surface area contributed by atoms with E-state index >= 15 is 0 Å². The molecule has 2 aliphatic rings. The van der Waals surface area contributed by atoms with Gasteiger partial charge in [-0.25, -0.2) is 0 Å². The zero-order valence-corrected chi connectivity index (χ0v) is 12.7. The number of nitro groups is 1. The van der Waals surface area contributed by atoms with Crippen molar-refractivity contribution < 1.29 is 9.72 Å². The number of carbonyl (C=O) groups is 1. The van der Waals surface area contributed by atoms with Crippen molar-refractivity contribution >= 4 is 11.6 Å². The number of nitrogens with zero attached hydrogens (tertiary/aromatic N) is 2. The van der Waals surface area contributed by atoms with Crippen LogP contribution in [0.5, 0.6) is 0 Å². The van der Waals surface area contributed by atoms with E-state index in [4.69, 9.17) is 5.73 Å². The topological polar surface area (TPSA) is 89.5 Å². The van der Waals surface area contributed by atoms with Gasteiger partial charge in [0.05, 0.1) is 4.92 Å². The molecule has 6 heteroatoms. The molecule has 0 aromatic heterocycles. The van der Waals surface area contributed by atoms with E-state index in [1.54, 1.807) is 17.0 Å². The number of nitro benzene ring substituents is 1. The number of nitrogens with two attached hydrogens (primary N) is 1. The Morgan fingerprint density at radius 3 is 2.82 bits per heavy atom. The standard InChI is InChI=1S/C16H21N3O3/c1-2-10-3-4-11(7-15(10)19(21)22)16(20)18-8-12-5-6-14(17)13(12)9-18/h3-4,7,12-14H,2,5-6,8-9,17H2,1H3. The third-order valence-corrected chi connectivity index (χ3v) is 5.11. The molecule has 2 fully saturated rings. The van der Waals surface area contributed by atoms with E-state index in [0.29, 0.717) is 35.9 Å². The van der Waals surface area contributed by atoms with Gasteiger partial charge in [-0.1, -0.05) is 13.0 Å².